The third-order valence-electron chi connectivity index (χ3n) is 2.17. The number of carbonyl (C=O) groups is 1. The van der Waals surface area contributed by atoms with Crippen LogP contribution in [0.4, 0.5) is 0 Å². The van der Waals surface area contributed by atoms with Crippen molar-refractivity contribution in [3.63, 3.8) is 0 Å². The largest absolute Gasteiger partial charge is 0.357 e. The number of nitrogens with zero attached hydrogens (tertiary/aromatic N) is 1. The van der Waals surface area contributed by atoms with Crippen molar-refractivity contribution in [3.8, 4) is 0 Å². The smallest absolute Gasteiger partial charge is 0.241 e. The summed E-state index contributed by atoms with van der Waals surface area (Å²) in [5, 5.41) is 9.05. The number of aliphatic imine (C=N–C) groups is 1. The summed E-state index contributed by atoms with van der Waals surface area (Å²) in [6, 6.07) is 0. The van der Waals surface area contributed by atoms with Gasteiger partial charge in [0.1, 0.15) is 6.54 Å². The molecular formula is C12H26N4O. The zero-order valence-electron chi connectivity index (χ0n) is 11.3. The Morgan fingerprint density at radius 2 is 1.71 bits per heavy atom. The zero-order valence-corrected chi connectivity index (χ0v) is 11.3. The van der Waals surface area contributed by atoms with E-state index in [1.807, 2.05) is 13.8 Å². The molecular weight excluding hydrogens is 216 g/mol. The molecule has 0 spiro atoms. The van der Waals surface area contributed by atoms with Gasteiger partial charge in [0.05, 0.1) is 0 Å². The average molecular weight is 242 g/mol. The van der Waals surface area contributed by atoms with Crippen molar-refractivity contribution >= 4 is 11.9 Å². The molecule has 5 heteroatoms. The van der Waals surface area contributed by atoms with Gasteiger partial charge >= 0.3 is 0 Å². The summed E-state index contributed by atoms with van der Waals surface area (Å²) < 4.78 is 0. The molecule has 5 nitrogen and oxygen atoms in total. The van der Waals surface area contributed by atoms with Gasteiger partial charge in [-0.15, -0.1) is 0 Å². The minimum atomic E-state index is -0.0433. The first-order chi connectivity index (χ1) is 8.24. The van der Waals surface area contributed by atoms with Gasteiger partial charge in [-0.05, 0) is 20.3 Å². The molecule has 100 valence electrons. The first-order valence-corrected chi connectivity index (χ1v) is 6.53. The molecule has 0 fully saturated rings. The van der Waals surface area contributed by atoms with Crippen LogP contribution < -0.4 is 16.0 Å². The van der Waals surface area contributed by atoms with Crippen LogP contribution in [-0.2, 0) is 4.79 Å². The number of carbonyl (C=O) groups excluding carboxylic acids is 1. The van der Waals surface area contributed by atoms with Crippen molar-refractivity contribution in [2.75, 3.05) is 26.2 Å². The van der Waals surface area contributed by atoms with Crippen molar-refractivity contribution in [3.05, 3.63) is 0 Å². The van der Waals surface area contributed by atoms with E-state index >= 15 is 0 Å². The van der Waals surface area contributed by atoms with E-state index in [0.717, 1.165) is 25.5 Å². The molecule has 0 unspecified atom stereocenters. The lowest BCUT2D eigenvalue weighted by atomic mass is 10.2. The second-order valence-corrected chi connectivity index (χ2v) is 3.78. The van der Waals surface area contributed by atoms with Gasteiger partial charge in [0.15, 0.2) is 5.96 Å². The number of amides is 1. The highest BCUT2D eigenvalue weighted by Crippen LogP contribution is 1.90. The van der Waals surface area contributed by atoms with E-state index in [-0.39, 0.29) is 12.5 Å². The van der Waals surface area contributed by atoms with Crippen molar-refractivity contribution in [2.45, 2.75) is 40.0 Å². The minimum Gasteiger partial charge on any atom is -0.357 e. The Balaban J connectivity index is 3.93. The van der Waals surface area contributed by atoms with Gasteiger partial charge in [-0.25, -0.2) is 4.99 Å². The summed E-state index contributed by atoms with van der Waals surface area (Å²) in [5.74, 6) is 0.674. The number of unbranched alkanes of at least 4 members (excludes halogenated alkanes) is 2. The molecule has 17 heavy (non-hydrogen) atoms. The Bertz CT molecular complexity index is 229. The van der Waals surface area contributed by atoms with Gasteiger partial charge < -0.3 is 16.0 Å². The Morgan fingerprint density at radius 1 is 1.00 bits per heavy atom. The van der Waals surface area contributed by atoms with E-state index < -0.39 is 0 Å². The zero-order chi connectivity index (χ0) is 12.9. The molecule has 0 aliphatic carbocycles. The maximum atomic E-state index is 11.3. The lowest BCUT2D eigenvalue weighted by Crippen LogP contribution is -2.38. The van der Waals surface area contributed by atoms with Crippen LogP contribution in [0.5, 0.6) is 0 Å². The normalized spacial score (nSPS) is 11.1. The van der Waals surface area contributed by atoms with Crippen LogP contribution in [0.25, 0.3) is 0 Å². The van der Waals surface area contributed by atoms with Crippen LogP contribution >= 0.6 is 0 Å². The Morgan fingerprint density at radius 3 is 2.29 bits per heavy atom. The van der Waals surface area contributed by atoms with Crippen LogP contribution in [0, 0.1) is 0 Å². The molecule has 0 saturated heterocycles. The summed E-state index contributed by atoms with van der Waals surface area (Å²) in [6.45, 7) is 8.61. The van der Waals surface area contributed by atoms with Gasteiger partial charge in [0.2, 0.25) is 5.91 Å². The number of hydrogen-bond donors (Lipinski definition) is 3. The van der Waals surface area contributed by atoms with Crippen LogP contribution in [0.1, 0.15) is 40.0 Å². The fraction of sp³-hybridized carbons (Fsp3) is 0.833. The fourth-order valence-electron chi connectivity index (χ4n) is 1.33. The number of guanidine groups is 1. The van der Waals surface area contributed by atoms with Gasteiger partial charge in [-0.2, -0.15) is 0 Å². The van der Waals surface area contributed by atoms with Crippen LogP contribution in [0.15, 0.2) is 4.99 Å². The minimum absolute atomic E-state index is 0.0433. The number of likely N-dealkylation sites (N-methyl/N-ethyl adjacent to an activating group) is 1. The molecule has 0 aromatic rings. The SMILES string of the molecule is CCCCCNC(=NCC(=O)NCC)NCC. The summed E-state index contributed by atoms with van der Waals surface area (Å²) in [5.41, 5.74) is 0. The van der Waals surface area contributed by atoms with Crippen LogP contribution in [-0.4, -0.2) is 38.0 Å². The maximum absolute atomic E-state index is 11.3. The van der Waals surface area contributed by atoms with E-state index in [9.17, 15) is 4.79 Å². The highest BCUT2D eigenvalue weighted by Gasteiger charge is 2.00. The lowest BCUT2D eigenvalue weighted by Gasteiger charge is -2.10. The number of rotatable bonds is 8. The molecule has 0 radical (unpaired) electrons. The van der Waals surface area contributed by atoms with Crippen molar-refractivity contribution in [2.24, 2.45) is 4.99 Å². The molecule has 0 bridgehead atoms. The van der Waals surface area contributed by atoms with E-state index in [4.69, 9.17) is 0 Å². The predicted octanol–water partition coefficient (Wildman–Crippen LogP) is 0.868. The van der Waals surface area contributed by atoms with Crippen LogP contribution in [0.2, 0.25) is 0 Å². The van der Waals surface area contributed by atoms with E-state index in [1.165, 1.54) is 12.8 Å². The van der Waals surface area contributed by atoms with Gasteiger partial charge in [-0.3, -0.25) is 4.79 Å². The third-order valence-corrected chi connectivity index (χ3v) is 2.17. The first kappa shape index (κ1) is 15.7. The predicted molar refractivity (Wildman–Crippen MR) is 72.2 cm³/mol. The fourth-order valence-corrected chi connectivity index (χ4v) is 1.33. The maximum Gasteiger partial charge on any atom is 0.241 e. The molecule has 0 rings (SSSR count). The van der Waals surface area contributed by atoms with Crippen molar-refractivity contribution in [1.82, 2.24) is 16.0 Å². The Kier molecular flexibility index (Phi) is 10.4. The molecule has 1 amide bonds. The second kappa shape index (κ2) is 11.2. The lowest BCUT2D eigenvalue weighted by molar-refractivity contribution is -0.119. The molecule has 0 saturated carbocycles. The molecule has 0 aliphatic heterocycles. The molecule has 0 heterocycles. The Labute approximate surface area is 104 Å². The van der Waals surface area contributed by atoms with Gasteiger partial charge in [-0.1, -0.05) is 19.8 Å². The molecule has 3 N–H and O–H groups in total. The van der Waals surface area contributed by atoms with Crippen LogP contribution in [0.3, 0.4) is 0 Å². The van der Waals surface area contributed by atoms with E-state index in [0.29, 0.717) is 6.54 Å². The molecule has 0 atom stereocenters. The first-order valence-electron chi connectivity index (χ1n) is 6.53. The highest BCUT2D eigenvalue weighted by atomic mass is 16.1. The molecule has 0 aliphatic rings. The third kappa shape index (κ3) is 9.66. The Hall–Kier alpha value is -1.26. The number of nitrogens with one attached hydrogen (secondary N) is 3. The quantitative estimate of drug-likeness (QED) is 0.336. The highest BCUT2D eigenvalue weighted by molar-refractivity contribution is 5.84. The van der Waals surface area contributed by atoms with Crippen molar-refractivity contribution < 1.29 is 4.79 Å². The van der Waals surface area contributed by atoms with E-state index in [2.05, 4.69) is 27.9 Å². The second-order valence-electron chi connectivity index (χ2n) is 3.78. The summed E-state index contributed by atoms with van der Waals surface area (Å²) in [6.07, 6.45) is 3.54. The number of hydrogen-bond acceptors (Lipinski definition) is 2. The monoisotopic (exact) mass is 242 g/mol. The molecule has 0 aromatic carbocycles. The summed E-state index contributed by atoms with van der Waals surface area (Å²) >= 11 is 0. The van der Waals surface area contributed by atoms with Gasteiger partial charge in [0.25, 0.3) is 0 Å². The standard InChI is InChI=1S/C12H26N4O/c1-4-7-8-9-15-12(14-6-3)16-10-11(17)13-5-2/h4-10H2,1-3H3,(H,13,17)(H2,14,15,16). The van der Waals surface area contributed by atoms with E-state index in [1.54, 1.807) is 0 Å². The summed E-state index contributed by atoms with van der Waals surface area (Å²) in [7, 11) is 0. The molecule has 0 aromatic heterocycles. The van der Waals surface area contributed by atoms with Crippen molar-refractivity contribution in [1.29, 1.82) is 0 Å². The topological polar surface area (TPSA) is 65.5 Å². The summed E-state index contributed by atoms with van der Waals surface area (Å²) in [4.78, 5) is 15.5. The van der Waals surface area contributed by atoms with Gasteiger partial charge in [0, 0.05) is 19.6 Å². The average Bonchev–Trinajstić information content (AvgIpc) is 2.32.